The summed E-state index contributed by atoms with van der Waals surface area (Å²) >= 11 is 0. The van der Waals surface area contributed by atoms with E-state index >= 15 is 0 Å². The summed E-state index contributed by atoms with van der Waals surface area (Å²) in [6.45, 7) is 7.31. The van der Waals surface area contributed by atoms with Gasteiger partial charge in [-0.2, -0.15) is 0 Å². The van der Waals surface area contributed by atoms with Crippen LogP contribution in [0.5, 0.6) is 0 Å². The van der Waals surface area contributed by atoms with Gasteiger partial charge in [0.05, 0.1) is 24.9 Å². The lowest BCUT2D eigenvalue weighted by Gasteiger charge is -2.44. The van der Waals surface area contributed by atoms with Crippen molar-refractivity contribution in [1.82, 2.24) is 0 Å². The Morgan fingerprint density at radius 2 is 1.31 bits per heavy atom. The summed E-state index contributed by atoms with van der Waals surface area (Å²) in [5.41, 5.74) is 1.11. The van der Waals surface area contributed by atoms with Gasteiger partial charge in [-0.25, -0.2) is 0 Å². The average Bonchev–Trinajstić information content (AvgIpc) is 2.80. The Balaban J connectivity index is 1.65. The minimum atomic E-state index is -2.62. The van der Waals surface area contributed by atoms with Gasteiger partial charge in [0.25, 0.3) is 8.32 Å². The molecule has 1 fully saturated rings. The molecule has 0 aromatic heterocycles. The van der Waals surface area contributed by atoms with E-state index in [-0.39, 0.29) is 23.4 Å². The second-order valence-corrected chi connectivity index (χ2v) is 14.1. The Morgan fingerprint density at radius 3 is 1.81 bits per heavy atom. The smallest absolute Gasteiger partial charge is 0.261 e. The summed E-state index contributed by atoms with van der Waals surface area (Å²) in [5.74, 6) is 0. The first-order chi connectivity index (χ1) is 15.4. The van der Waals surface area contributed by atoms with Gasteiger partial charge in [-0.3, -0.25) is 0 Å². The molecule has 3 atom stereocenters. The van der Waals surface area contributed by atoms with E-state index in [0.717, 1.165) is 5.56 Å². The number of ether oxygens (including phenoxy) is 1. The van der Waals surface area contributed by atoms with Crippen LogP contribution in [0.25, 0.3) is 0 Å². The monoisotopic (exact) mass is 446 g/mol. The lowest BCUT2D eigenvalue weighted by molar-refractivity contribution is -0.111. The fraction of sp³-hybridized carbons (Fsp3) is 0.357. The molecule has 4 heteroatoms. The van der Waals surface area contributed by atoms with E-state index in [2.05, 4.69) is 93.6 Å². The fourth-order valence-corrected chi connectivity index (χ4v) is 9.55. The topological polar surface area (TPSA) is 38.7 Å². The van der Waals surface area contributed by atoms with Crippen LogP contribution in [0.15, 0.2) is 91.0 Å². The number of benzene rings is 3. The first-order valence-electron chi connectivity index (χ1n) is 11.5. The number of hydrogen-bond acceptors (Lipinski definition) is 3. The van der Waals surface area contributed by atoms with Crippen LogP contribution in [0, 0.1) is 0 Å². The van der Waals surface area contributed by atoms with E-state index in [4.69, 9.17) is 9.16 Å². The lowest BCUT2D eigenvalue weighted by atomic mass is 9.96. The zero-order valence-corrected chi connectivity index (χ0v) is 20.3. The molecule has 1 aliphatic rings. The Hall–Kier alpha value is -2.24. The van der Waals surface area contributed by atoms with Crippen LogP contribution in [0.3, 0.4) is 0 Å². The summed E-state index contributed by atoms with van der Waals surface area (Å²) in [7, 11) is -2.62. The normalized spacial score (nSPS) is 21.9. The highest BCUT2D eigenvalue weighted by atomic mass is 28.4. The number of rotatable bonds is 6. The minimum Gasteiger partial charge on any atom is -0.405 e. The lowest BCUT2D eigenvalue weighted by Crippen LogP contribution is -2.67. The van der Waals surface area contributed by atoms with Crippen molar-refractivity contribution < 1.29 is 14.3 Å². The largest absolute Gasteiger partial charge is 0.405 e. The molecule has 0 radical (unpaired) electrons. The highest BCUT2D eigenvalue weighted by Gasteiger charge is 2.50. The maximum absolute atomic E-state index is 10.6. The molecule has 0 saturated carbocycles. The molecular weight excluding hydrogens is 412 g/mol. The van der Waals surface area contributed by atoms with Crippen molar-refractivity contribution in [3.63, 3.8) is 0 Å². The Bertz CT molecular complexity index is 930. The van der Waals surface area contributed by atoms with Gasteiger partial charge in [-0.15, -0.1) is 0 Å². The van der Waals surface area contributed by atoms with Crippen LogP contribution in [0.2, 0.25) is 5.04 Å². The molecular formula is C28H34O3Si. The Morgan fingerprint density at radius 1 is 0.812 bits per heavy atom. The van der Waals surface area contributed by atoms with Crippen molar-refractivity contribution in [2.45, 2.75) is 57.0 Å². The minimum absolute atomic E-state index is 0.0815. The van der Waals surface area contributed by atoms with Crippen molar-refractivity contribution >= 4 is 18.7 Å². The van der Waals surface area contributed by atoms with Crippen LogP contribution in [0.1, 0.15) is 45.3 Å². The maximum Gasteiger partial charge on any atom is 0.261 e. The highest BCUT2D eigenvalue weighted by molar-refractivity contribution is 6.99. The summed E-state index contributed by atoms with van der Waals surface area (Å²) in [5, 5.41) is 13.0. The van der Waals surface area contributed by atoms with Crippen LogP contribution >= 0.6 is 0 Å². The molecule has 1 N–H and O–H groups in total. The van der Waals surface area contributed by atoms with Crippen molar-refractivity contribution in [2.75, 3.05) is 6.61 Å². The second-order valence-electron chi connectivity index (χ2n) is 9.76. The molecule has 0 amide bonds. The Labute approximate surface area is 193 Å². The predicted molar refractivity (Wildman–Crippen MR) is 133 cm³/mol. The van der Waals surface area contributed by atoms with Crippen molar-refractivity contribution in [1.29, 1.82) is 0 Å². The molecule has 4 rings (SSSR count). The van der Waals surface area contributed by atoms with Crippen LogP contribution in [0.4, 0.5) is 0 Å². The van der Waals surface area contributed by atoms with E-state index in [1.165, 1.54) is 10.4 Å². The number of aliphatic hydroxyl groups excluding tert-OH is 1. The van der Waals surface area contributed by atoms with Crippen molar-refractivity contribution in [3.05, 3.63) is 96.6 Å². The van der Waals surface area contributed by atoms with Crippen molar-refractivity contribution in [2.24, 2.45) is 0 Å². The fourth-order valence-electron chi connectivity index (χ4n) is 4.96. The SMILES string of the molecule is CC(C)(C)[Si](OC[C@@H]1C[C@H](O)C[C@H](c2ccccc2)O1)(c1ccccc1)c1ccccc1. The third kappa shape index (κ3) is 4.74. The molecule has 0 spiro atoms. The summed E-state index contributed by atoms with van der Waals surface area (Å²) in [4.78, 5) is 0. The quantitative estimate of drug-likeness (QED) is 0.551. The molecule has 0 bridgehead atoms. The standard InChI is InChI=1S/C28H34O3Si/c1-28(2,3)32(25-15-9-5-10-16-25,26-17-11-6-12-18-26)30-21-24-19-23(29)20-27(31-24)22-13-7-4-8-14-22/h4-18,23-24,27,29H,19-21H2,1-3H3/t23-,24-,27+/m0/s1. The van der Waals surface area contributed by atoms with Crippen LogP contribution < -0.4 is 10.4 Å². The van der Waals surface area contributed by atoms with Gasteiger partial charge in [-0.05, 0) is 21.0 Å². The van der Waals surface area contributed by atoms with E-state index in [1.54, 1.807) is 0 Å². The zero-order valence-electron chi connectivity index (χ0n) is 19.3. The van der Waals surface area contributed by atoms with E-state index in [9.17, 15) is 5.11 Å². The highest BCUT2D eigenvalue weighted by Crippen LogP contribution is 2.38. The van der Waals surface area contributed by atoms with Crippen LogP contribution in [-0.4, -0.2) is 32.2 Å². The van der Waals surface area contributed by atoms with E-state index in [1.807, 2.05) is 18.2 Å². The van der Waals surface area contributed by atoms with Gasteiger partial charge >= 0.3 is 0 Å². The summed E-state index contributed by atoms with van der Waals surface area (Å²) in [6.07, 6.45) is 0.585. The van der Waals surface area contributed by atoms with E-state index in [0.29, 0.717) is 19.4 Å². The van der Waals surface area contributed by atoms with Gasteiger partial charge in [0.15, 0.2) is 0 Å². The maximum atomic E-state index is 10.6. The molecule has 1 aliphatic heterocycles. The molecule has 0 aliphatic carbocycles. The van der Waals surface area contributed by atoms with Crippen molar-refractivity contribution in [3.8, 4) is 0 Å². The average molecular weight is 447 g/mol. The summed E-state index contributed by atoms with van der Waals surface area (Å²) in [6, 6.07) is 31.5. The first-order valence-corrected chi connectivity index (χ1v) is 13.4. The van der Waals surface area contributed by atoms with Gasteiger partial charge in [0.1, 0.15) is 0 Å². The van der Waals surface area contributed by atoms with Gasteiger partial charge in [0.2, 0.25) is 0 Å². The molecule has 32 heavy (non-hydrogen) atoms. The zero-order chi connectivity index (χ0) is 22.6. The summed E-state index contributed by atoms with van der Waals surface area (Å²) < 4.78 is 13.5. The molecule has 3 aromatic rings. The number of hydrogen-bond donors (Lipinski definition) is 1. The predicted octanol–water partition coefficient (Wildman–Crippen LogP) is 4.84. The third-order valence-electron chi connectivity index (χ3n) is 6.45. The molecule has 3 nitrogen and oxygen atoms in total. The van der Waals surface area contributed by atoms with E-state index < -0.39 is 8.32 Å². The molecule has 0 unspecified atom stereocenters. The number of aliphatic hydroxyl groups is 1. The molecule has 1 heterocycles. The first kappa shape index (κ1) is 22.9. The molecule has 3 aromatic carbocycles. The van der Waals surface area contributed by atoms with Gasteiger partial charge in [-0.1, -0.05) is 112 Å². The van der Waals surface area contributed by atoms with Gasteiger partial charge in [0, 0.05) is 12.8 Å². The van der Waals surface area contributed by atoms with Gasteiger partial charge < -0.3 is 14.3 Å². The van der Waals surface area contributed by atoms with Crippen LogP contribution in [-0.2, 0) is 9.16 Å². The molecule has 168 valence electrons. The molecule has 1 saturated heterocycles. The third-order valence-corrected chi connectivity index (χ3v) is 11.5. The Kier molecular flexibility index (Phi) is 6.96. The second kappa shape index (κ2) is 9.71.